The van der Waals surface area contributed by atoms with E-state index >= 15 is 0 Å². The maximum atomic E-state index is 12.7. The lowest BCUT2D eigenvalue weighted by Crippen LogP contribution is -2.76. The zero-order valence-corrected chi connectivity index (χ0v) is 29.6. The molecule has 4 aliphatic heterocycles. The van der Waals surface area contributed by atoms with Crippen LogP contribution in [-0.2, 0) is 33.3 Å². The van der Waals surface area contributed by atoms with Crippen LogP contribution in [0.25, 0.3) is 0 Å². The number of Topliss-reactive ketones (excluding diaryl/α,β-unsaturated/α-hetero) is 2. The van der Waals surface area contributed by atoms with E-state index in [4.69, 9.17) is 9.47 Å². The standard InChI is InChI=1S/2C20H23NO4.ClH/c2*22-13-4-3-12-9-15-20(24)6-5-14(23)18-19(20,16(12)17(13)25-18)7-8-21(15)10-11-1-2-11;/h2*3-4,11,15,18,22,24H,1-2,5-10H2;1H/t2*15-,18+,19+,20-;/m11./s1. The van der Waals surface area contributed by atoms with E-state index in [9.17, 15) is 30.0 Å². The number of hydrogen-bond acceptors (Lipinski definition) is 10. The van der Waals surface area contributed by atoms with Gasteiger partial charge in [-0.3, -0.25) is 19.4 Å². The van der Waals surface area contributed by atoms with E-state index in [1.165, 1.54) is 25.7 Å². The van der Waals surface area contributed by atoms with Gasteiger partial charge in [0, 0.05) is 49.1 Å². The van der Waals surface area contributed by atoms with Gasteiger partial charge in [0.25, 0.3) is 0 Å². The second-order valence-electron chi connectivity index (χ2n) is 17.4. The summed E-state index contributed by atoms with van der Waals surface area (Å²) in [6, 6.07) is 7.38. The molecule has 4 bridgehead atoms. The molecule has 0 radical (unpaired) electrons. The average Bonchev–Trinajstić information content (AvgIpc) is 4.02. The number of ketones is 2. The summed E-state index contributed by atoms with van der Waals surface area (Å²) in [4.78, 5) is 30.4. The van der Waals surface area contributed by atoms with Gasteiger partial charge >= 0.3 is 0 Å². The molecule has 4 N–H and O–H groups in total. The SMILES string of the molecule is Cl.O=C1CC[C@@]2(O)[C@H]3Cc4ccc(O)c5c4[C@@]2(CCN3CC2CC2)[C@H]1O5.O=C1CC[C@@]2(O)[C@H]3Cc4ccc(O)c5c4[C@@]2(CCN3CC2CC2)[C@H]1O5. The van der Waals surface area contributed by atoms with Crippen molar-refractivity contribution >= 4 is 24.0 Å². The number of halogens is 1. The molecule has 4 saturated carbocycles. The van der Waals surface area contributed by atoms with Crippen molar-refractivity contribution in [3.05, 3.63) is 46.5 Å². The molecular weight excluding hydrogens is 672 g/mol. The van der Waals surface area contributed by atoms with Gasteiger partial charge in [-0.15, -0.1) is 12.4 Å². The Balaban J connectivity index is 0.000000126. The van der Waals surface area contributed by atoms with Crippen LogP contribution in [0.3, 0.4) is 0 Å². The topological polar surface area (TPSA) is 140 Å². The van der Waals surface area contributed by atoms with Gasteiger partial charge in [-0.1, -0.05) is 12.1 Å². The summed E-state index contributed by atoms with van der Waals surface area (Å²) in [6.07, 6.45) is 8.65. The van der Waals surface area contributed by atoms with Gasteiger partial charge in [-0.05, 0) is 112 Å². The number of piperidine rings is 2. The van der Waals surface area contributed by atoms with Crippen molar-refractivity contribution in [2.75, 3.05) is 26.2 Å². The fraction of sp³-hybridized carbons (Fsp3) is 0.650. The lowest BCUT2D eigenvalue weighted by Gasteiger charge is -2.62. The molecule has 2 aromatic carbocycles. The highest BCUT2D eigenvalue weighted by molar-refractivity contribution is 5.91. The monoisotopic (exact) mass is 718 g/mol. The molecule has 10 aliphatic rings. The predicted octanol–water partition coefficient (Wildman–Crippen LogP) is 3.47. The molecule has 2 saturated heterocycles. The maximum absolute atomic E-state index is 12.7. The van der Waals surface area contributed by atoms with E-state index in [-0.39, 0.29) is 47.6 Å². The molecule has 2 aromatic rings. The highest BCUT2D eigenvalue weighted by Gasteiger charge is 2.74. The minimum atomic E-state index is -0.940. The summed E-state index contributed by atoms with van der Waals surface area (Å²) in [6.45, 7) is 3.90. The Hall–Kier alpha value is -2.89. The maximum Gasteiger partial charge on any atom is 0.174 e. The van der Waals surface area contributed by atoms with Crippen LogP contribution in [0.2, 0.25) is 0 Å². The molecule has 0 aromatic heterocycles. The van der Waals surface area contributed by atoms with Crippen LogP contribution >= 0.6 is 12.4 Å². The minimum absolute atomic E-state index is 0. The molecular formula is C40H47ClN2O8. The Morgan fingerprint density at radius 2 is 1.06 bits per heavy atom. The Morgan fingerprint density at radius 1 is 0.647 bits per heavy atom. The molecule has 4 heterocycles. The van der Waals surface area contributed by atoms with E-state index < -0.39 is 34.2 Å². The van der Waals surface area contributed by atoms with Gasteiger partial charge in [0.2, 0.25) is 0 Å². The molecule has 0 amide bonds. The fourth-order valence-electron chi connectivity index (χ4n) is 12.5. The molecule has 12 rings (SSSR count). The Morgan fingerprint density at radius 3 is 1.45 bits per heavy atom. The zero-order valence-electron chi connectivity index (χ0n) is 28.8. The highest BCUT2D eigenvalue weighted by Crippen LogP contribution is 2.66. The van der Waals surface area contributed by atoms with E-state index in [1.807, 2.05) is 12.1 Å². The van der Waals surface area contributed by atoms with Crippen molar-refractivity contribution in [2.24, 2.45) is 11.8 Å². The molecule has 272 valence electrons. The first kappa shape index (κ1) is 32.7. The molecule has 6 aliphatic carbocycles. The van der Waals surface area contributed by atoms with E-state index in [0.717, 1.165) is 86.0 Å². The summed E-state index contributed by atoms with van der Waals surface area (Å²) >= 11 is 0. The molecule has 2 spiro atoms. The van der Waals surface area contributed by atoms with Crippen LogP contribution in [0.1, 0.15) is 86.5 Å². The molecule has 11 heteroatoms. The summed E-state index contributed by atoms with van der Waals surface area (Å²) in [7, 11) is 0. The number of likely N-dealkylation sites (tertiary alicyclic amines) is 2. The predicted molar refractivity (Wildman–Crippen MR) is 187 cm³/mol. The third-order valence-corrected chi connectivity index (χ3v) is 15.1. The Bertz CT molecular complexity index is 1750. The van der Waals surface area contributed by atoms with Crippen molar-refractivity contribution in [1.29, 1.82) is 0 Å². The number of phenols is 2. The number of aromatic hydroxyl groups is 2. The number of carbonyl (C=O) groups excluding carboxylic acids is 2. The first-order valence-electron chi connectivity index (χ1n) is 19.1. The number of aliphatic hydroxyl groups is 2. The third-order valence-electron chi connectivity index (χ3n) is 15.1. The molecule has 10 nitrogen and oxygen atoms in total. The third kappa shape index (κ3) is 3.98. The smallest absolute Gasteiger partial charge is 0.174 e. The second kappa shape index (κ2) is 10.6. The van der Waals surface area contributed by atoms with Gasteiger partial charge in [0.1, 0.15) is 0 Å². The van der Waals surface area contributed by atoms with Crippen LogP contribution in [-0.4, -0.2) is 103 Å². The lowest BCUT2D eigenvalue weighted by molar-refractivity contribution is -0.188. The average molecular weight is 719 g/mol. The first-order valence-corrected chi connectivity index (χ1v) is 19.1. The van der Waals surface area contributed by atoms with E-state index in [0.29, 0.717) is 37.2 Å². The number of ether oxygens (including phenoxy) is 2. The van der Waals surface area contributed by atoms with Crippen molar-refractivity contribution in [3.8, 4) is 23.0 Å². The minimum Gasteiger partial charge on any atom is -0.504 e. The van der Waals surface area contributed by atoms with Gasteiger partial charge in [-0.25, -0.2) is 0 Å². The summed E-state index contributed by atoms with van der Waals surface area (Å²) < 4.78 is 12.1. The van der Waals surface area contributed by atoms with E-state index in [1.54, 1.807) is 12.1 Å². The van der Waals surface area contributed by atoms with Crippen LogP contribution in [0.15, 0.2) is 24.3 Å². The van der Waals surface area contributed by atoms with Gasteiger partial charge in [-0.2, -0.15) is 0 Å². The van der Waals surface area contributed by atoms with Crippen LogP contribution in [0.4, 0.5) is 0 Å². The molecule has 8 atom stereocenters. The number of benzene rings is 2. The van der Waals surface area contributed by atoms with Gasteiger partial charge in [0.15, 0.2) is 46.8 Å². The summed E-state index contributed by atoms with van der Waals surface area (Å²) in [5.74, 6) is 2.78. The van der Waals surface area contributed by atoms with E-state index in [2.05, 4.69) is 9.80 Å². The van der Waals surface area contributed by atoms with Crippen molar-refractivity contribution in [2.45, 2.75) is 123 Å². The van der Waals surface area contributed by atoms with Gasteiger partial charge < -0.3 is 29.9 Å². The van der Waals surface area contributed by atoms with Crippen LogP contribution in [0, 0.1) is 11.8 Å². The molecule has 6 fully saturated rings. The fourth-order valence-corrected chi connectivity index (χ4v) is 12.5. The van der Waals surface area contributed by atoms with Crippen LogP contribution in [0.5, 0.6) is 23.0 Å². The number of rotatable bonds is 4. The number of phenolic OH excluding ortho intramolecular Hbond substituents is 2. The Labute approximate surface area is 303 Å². The van der Waals surface area contributed by atoms with Crippen molar-refractivity contribution < 1.29 is 39.5 Å². The number of nitrogens with zero attached hydrogens (tertiary/aromatic N) is 2. The highest BCUT2D eigenvalue weighted by atomic mass is 35.5. The molecule has 51 heavy (non-hydrogen) atoms. The number of carbonyl (C=O) groups is 2. The van der Waals surface area contributed by atoms with Crippen molar-refractivity contribution in [3.63, 3.8) is 0 Å². The van der Waals surface area contributed by atoms with Crippen molar-refractivity contribution in [1.82, 2.24) is 9.80 Å². The lowest BCUT2D eigenvalue weighted by atomic mass is 9.49. The summed E-state index contributed by atoms with van der Waals surface area (Å²) in [5.41, 5.74) is 0.907. The normalized spacial score (nSPS) is 40.6. The largest absolute Gasteiger partial charge is 0.504 e. The zero-order chi connectivity index (χ0) is 33.9. The summed E-state index contributed by atoms with van der Waals surface area (Å²) in [5, 5.41) is 44.6. The van der Waals surface area contributed by atoms with Crippen LogP contribution < -0.4 is 9.47 Å². The Kier molecular flexibility index (Phi) is 6.82. The first-order chi connectivity index (χ1) is 24.1. The molecule has 0 unspecified atom stereocenters. The van der Waals surface area contributed by atoms with Gasteiger partial charge in [0.05, 0.1) is 22.0 Å². The second-order valence-corrected chi connectivity index (χ2v) is 17.4. The quantitative estimate of drug-likeness (QED) is 0.372. The number of hydrogen-bond donors (Lipinski definition) is 4.